The number of halogens is 5. The molecule has 0 bridgehead atoms. The molecule has 1 fully saturated rings. The van der Waals surface area contributed by atoms with Gasteiger partial charge in [0.15, 0.2) is 5.69 Å². The molecule has 13 heteroatoms. The van der Waals surface area contributed by atoms with Gasteiger partial charge in [-0.25, -0.2) is 18.1 Å². The van der Waals surface area contributed by atoms with Crippen molar-refractivity contribution in [2.45, 2.75) is 23.5 Å². The Labute approximate surface area is 167 Å². The summed E-state index contributed by atoms with van der Waals surface area (Å²) in [6, 6.07) is 2.82. The van der Waals surface area contributed by atoms with Gasteiger partial charge in [0.2, 0.25) is 0 Å². The van der Waals surface area contributed by atoms with Crippen LogP contribution in [0.25, 0.3) is 0 Å². The summed E-state index contributed by atoms with van der Waals surface area (Å²) in [5.41, 5.74) is -0.517. The van der Waals surface area contributed by atoms with Crippen LogP contribution in [0.2, 0.25) is 10.2 Å². The average molecular weight is 458 g/mol. The summed E-state index contributed by atoms with van der Waals surface area (Å²) in [6.45, 7) is 0. The molecule has 2 atom stereocenters. The zero-order valence-electron chi connectivity index (χ0n) is 14.0. The molecule has 1 amide bonds. The maximum Gasteiger partial charge on any atom is 0.393 e. The van der Waals surface area contributed by atoms with Crippen LogP contribution in [0.3, 0.4) is 0 Å². The van der Waals surface area contributed by atoms with Crippen molar-refractivity contribution in [3.8, 4) is 5.75 Å². The molecule has 1 heterocycles. The molecule has 1 aliphatic rings. The monoisotopic (exact) mass is 457 g/mol. The molecule has 0 saturated heterocycles. The van der Waals surface area contributed by atoms with Gasteiger partial charge in [-0.2, -0.15) is 13.2 Å². The highest BCUT2D eigenvalue weighted by Crippen LogP contribution is 2.54. The maximum absolute atomic E-state index is 12.7. The molecule has 2 unspecified atom stereocenters. The van der Waals surface area contributed by atoms with Crippen molar-refractivity contribution in [3.63, 3.8) is 0 Å². The second-order valence-corrected chi connectivity index (χ2v) is 8.39. The van der Waals surface area contributed by atoms with Crippen LogP contribution in [0, 0.1) is 5.92 Å². The van der Waals surface area contributed by atoms with Crippen molar-refractivity contribution in [1.29, 1.82) is 0 Å². The van der Waals surface area contributed by atoms with Crippen molar-refractivity contribution >= 4 is 39.1 Å². The predicted octanol–water partition coefficient (Wildman–Crippen LogP) is 3.44. The van der Waals surface area contributed by atoms with Crippen molar-refractivity contribution in [3.05, 3.63) is 40.4 Å². The van der Waals surface area contributed by atoms with E-state index in [9.17, 15) is 26.4 Å². The van der Waals surface area contributed by atoms with Crippen LogP contribution in [0.5, 0.6) is 5.75 Å². The summed E-state index contributed by atoms with van der Waals surface area (Å²) in [5, 5.41) is -0.551. The second-order valence-electron chi connectivity index (χ2n) is 5.97. The number of hydrogen-bond acceptors (Lipinski definition) is 5. The summed E-state index contributed by atoms with van der Waals surface area (Å²) in [5.74, 6) is -2.60. The summed E-state index contributed by atoms with van der Waals surface area (Å²) in [4.78, 5) is 15.5. The Morgan fingerprint density at radius 1 is 1.36 bits per heavy atom. The Morgan fingerprint density at radius 2 is 2.04 bits per heavy atom. The Bertz CT molecular complexity index is 1040. The van der Waals surface area contributed by atoms with Crippen LogP contribution >= 0.6 is 23.2 Å². The van der Waals surface area contributed by atoms with Gasteiger partial charge >= 0.3 is 6.18 Å². The first-order chi connectivity index (χ1) is 13.0. The Balaban J connectivity index is 1.83. The van der Waals surface area contributed by atoms with Crippen LogP contribution in [0.4, 0.5) is 13.2 Å². The normalized spacial score (nSPS) is 19.4. The number of methoxy groups -OCH3 is 1. The average Bonchev–Trinajstić information content (AvgIpc) is 3.31. The SMILES string of the molecule is COc1ccc(Cl)c(S(=O)(=O)NC(=O)c2ncn(C3CC3C(F)(F)F)c2Cl)c1. The fourth-order valence-corrected chi connectivity index (χ4v) is 4.39. The van der Waals surface area contributed by atoms with E-state index in [-0.39, 0.29) is 22.3 Å². The summed E-state index contributed by atoms with van der Waals surface area (Å²) >= 11 is 11.8. The van der Waals surface area contributed by atoms with E-state index in [4.69, 9.17) is 27.9 Å². The molecule has 1 aromatic carbocycles. The van der Waals surface area contributed by atoms with Crippen molar-refractivity contribution in [2.24, 2.45) is 5.92 Å². The van der Waals surface area contributed by atoms with Gasteiger partial charge in [-0.05, 0) is 18.6 Å². The molecule has 7 nitrogen and oxygen atoms in total. The lowest BCUT2D eigenvalue weighted by molar-refractivity contribution is -0.150. The molecule has 28 heavy (non-hydrogen) atoms. The lowest BCUT2D eigenvalue weighted by Gasteiger charge is -2.10. The molecular weight excluding hydrogens is 446 g/mol. The number of rotatable bonds is 5. The zero-order valence-corrected chi connectivity index (χ0v) is 16.3. The summed E-state index contributed by atoms with van der Waals surface area (Å²) in [7, 11) is -3.10. The minimum absolute atomic E-state index is 0.163. The number of amides is 1. The first-order valence-electron chi connectivity index (χ1n) is 7.65. The molecule has 1 aromatic heterocycles. The van der Waals surface area contributed by atoms with Gasteiger partial charge in [0.25, 0.3) is 15.9 Å². The number of carbonyl (C=O) groups excluding carboxylic acids is 1. The van der Waals surface area contributed by atoms with Crippen molar-refractivity contribution in [1.82, 2.24) is 14.3 Å². The van der Waals surface area contributed by atoms with Gasteiger partial charge in [-0.3, -0.25) is 4.79 Å². The molecule has 0 radical (unpaired) electrons. The smallest absolute Gasteiger partial charge is 0.393 e. The van der Waals surface area contributed by atoms with Crippen molar-refractivity contribution in [2.75, 3.05) is 7.11 Å². The van der Waals surface area contributed by atoms with E-state index in [1.807, 2.05) is 0 Å². The highest BCUT2D eigenvalue weighted by molar-refractivity contribution is 7.90. The van der Waals surface area contributed by atoms with E-state index in [0.29, 0.717) is 0 Å². The van der Waals surface area contributed by atoms with E-state index in [0.717, 1.165) is 17.0 Å². The molecule has 1 N–H and O–H groups in total. The fraction of sp³-hybridized carbons (Fsp3) is 0.333. The Morgan fingerprint density at radius 3 is 2.61 bits per heavy atom. The second kappa shape index (κ2) is 7.12. The lowest BCUT2D eigenvalue weighted by Crippen LogP contribution is -2.31. The van der Waals surface area contributed by atoms with E-state index in [1.165, 1.54) is 19.2 Å². The number of hydrogen-bond donors (Lipinski definition) is 1. The van der Waals surface area contributed by atoms with Gasteiger partial charge in [-0.15, -0.1) is 0 Å². The molecule has 1 aliphatic carbocycles. The van der Waals surface area contributed by atoms with Gasteiger partial charge in [0, 0.05) is 12.1 Å². The topological polar surface area (TPSA) is 90.3 Å². The highest BCUT2D eigenvalue weighted by Gasteiger charge is 2.57. The first-order valence-corrected chi connectivity index (χ1v) is 9.89. The molecular formula is C15H12Cl2F3N3O4S. The quantitative estimate of drug-likeness (QED) is 0.742. The standard InChI is InChI=1S/C15H12Cl2F3N3O4S/c1-27-7-2-3-9(16)11(4-7)28(25,26)22-14(24)12-13(17)23(6-21-12)10-5-8(10)15(18,19)20/h2-4,6,8,10H,5H2,1H3,(H,22,24). The molecule has 1 saturated carbocycles. The number of benzene rings is 1. The van der Waals surface area contributed by atoms with Crippen LogP contribution in [0.15, 0.2) is 29.4 Å². The Hall–Kier alpha value is -1.98. The van der Waals surface area contributed by atoms with Gasteiger partial charge in [0.05, 0.1) is 24.4 Å². The van der Waals surface area contributed by atoms with Crippen LogP contribution in [-0.2, 0) is 10.0 Å². The number of ether oxygens (including phenoxy) is 1. The highest BCUT2D eigenvalue weighted by atomic mass is 35.5. The lowest BCUT2D eigenvalue weighted by atomic mass is 10.3. The predicted molar refractivity (Wildman–Crippen MR) is 93.1 cm³/mol. The van der Waals surface area contributed by atoms with E-state index >= 15 is 0 Å². The summed E-state index contributed by atoms with van der Waals surface area (Å²) in [6.07, 6.45) is -3.62. The third-order valence-corrected chi connectivity index (χ3v) is 6.32. The van der Waals surface area contributed by atoms with Gasteiger partial charge < -0.3 is 9.30 Å². The number of imidazole rings is 1. The molecule has 152 valence electrons. The molecule has 0 spiro atoms. The fourth-order valence-electron chi connectivity index (χ4n) is 2.61. The number of aromatic nitrogens is 2. The molecule has 0 aliphatic heterocycles. The van der Waals surface area contributed by atoms with E-state index < -0.39 is 44.7 Å². The first kappa shape index (κ1) is 20.7. The summed E-state index contributed by atoms with van der Waals surface area (Å²) < 4.78 is 70.8. The minimum atomic E-state index is -4.42. The van der Waals surface area contributed by atoms with Crippen molar-refractivity contribution < 1.29 is 31.1 Å². The molecule has 2 aromatic rings. The van der Waals surface area contributed by atoms with E-state index in [1.54, 1.807) is 4.72 Å². The van der Waals surface area contributed by atoms with Gasteiger partial charge in [-0.1, -0.05) is 23.2 Å². The zero-order chi connectivity index (χ0) is 20.9. The minimum Gasteiger partial charge on any atom is -0.497 e. The molecule has 3 rings (SSSR count). The third kappa shape index (κ3) is 3.91. The number of alkyl halides is 3. The van der Waals surface area contributed by atoms with Crippen LogP contribution in [0.1, 0.15) is 23.0 Å². The van der Waals surface area contributed by atoms with Crippen LogP contribution < -0.4 is 9.46 Å². The number of nitrogens with one attached hydrogen (secondary N) is 1. The number of carbonyl (C=O) groups is 1. The van der Waals surface area contributed by atoms with Gasteiger partial charge in [0.1, 0.15) is 15.8 Å². The number of nitrogens with zero attached hydrogens (tertiary/aromatic N) is 2. The Kier molecular flexibility index (Phi) is 5.28. The van der Waals surface area contributed by atoms with E-state index in [2.05, 4.69) is 4.98 Å². The maximum atomic E-state index is 12.7. The van der Waals surface area contributed by atoms with Crippen LogP contribution in [-0.4, -0.2) is 37.2 Å². The number of sulfonamides is 1. The third-order valence-electron chi connectivity index (χ3n) is 4.14. The largest absolute Gasteiger partial charge is 0.497 e.